The van der Waals surface area contributed by atoms with Gasteiger partial charge in [-0.05, 0) is 36.8 Å². The highest BCUT2D eigenvalue weighted by Gasteiger charge is 2.33. The molecule has 0 saturated carbocycles. The molecule has 0 bridgehead atoms. The van der Waals surface area contributed by atoms with Gasteiger partial charge in [0.15, 0.2) is 0 Å². The fourth-order valence-electron chi connectivity index (χ4n) is 2.46. The fourth-order valence-corrected chi connectivity index (χ4v) is 4.24. The van der Waals surface area contributed by atoms with E-state index in [1.165, 1.54) is 0 Å². The average Bonchev–Trinajstić information content (AvgIpc) is 3.04. The van der Waals surface area contributed by atoms with E-state index in [1.807, 2.05) is 25.1 Å². The van der Waals surface area contributed by atoms with Crippen LogP contribution in [0.15, 0.2) is 53.4 Å². The summed E-state index contributed by atoms with van der Waals surface area (Å²) in [5.74, 6) is -0.0491. The Kier molecular flexibility index (Phi) is 5.51. The highest BCUT2D eigenvalue weighted by Crippen LogP contribution is 2.26. The van der Waals surface area contributed by atoms with Crippen molar-refractivity contribution in [2.24, 2.45) is 5.92 Å². The lowest BCUT2D eigenvalue weighted by atomic mass is 10.1. The first-order valence-electron chi connectivity index (χ1n) is 7.72. The second-order valence-corrected chi connectivity index (χ2v) is 8.56. The van der Waals surface area contributed by atoms with Crippen molar-refractivity contribution in [2.75, 3.05) is 13.2 Å². The Hall–Kier alpha value is -1.37. The first-order chi connectivity index (χ1) is 11.9. The average molecular weight is 398 g/mol. The Morgan fingerprint density at radius 1 is 1.16 bits per heavy atom. The predicted molar refractivity (Wildman–Crippen MR) is 100 cm³/mol. The second kappa shape index (κ2) is 7.48. The third-order valence-corrected chi connectivity index (χ3v) is 6.13. The van der Waals surface area contributed by atoms with E-state index in [0.29, 0.717) is 16.7 Å². The zero-order chi connectivity index (χ0) is 18.0. The molecule has 1 saturated heterocycles. The van der Waals surface area contributed by atoms with Crippen LogP contribution in [0.2, 0.25) is 10.0 Å². The summed E-state index contributed by atoms with van der Waals surface area (Å²) in [5.41, 5.74) is 1.83. The molecule has 0 aromatic heterocycles. The van der Waals surface area contributed by atoms with Crippen molar-refractivity contribution >= 4 is 39.3 Å². The number of halogens is 2. The number of hydroxylamine groups is 1. The number of nitrogens with zero attached hydrogens (tertiary/aromatic N) is 1. The first kappa shape index (κ1) is 18.4. The van der Waals surface area contributed by atoms with E-state index in [2.05, 4.69) is 0 Å². The Bertz CT molecular complexity index is 895. The molecule has 0 spiro atoms. The quantitative estimate of drug-likeness (QED) is 0.758. The van der Waals surface area contributed by atoms with Gasteiger partial charge in [-0.25, -0.2) is 8.42 Å². The van der Waals surface area contributed by atoms with E-state index in [9.17, 15) is 8.42 Å². The van der Waals surface area contributed by atoms with Crippen molar-refractivity contribution in [2.45, 2.75) is 11.8 Å². The molecule has 0 amide bonds. The number of rotatable bonds is 4. The lowest BCUT2D eigenvalue weighted by molar-refractivity contribution is -0.0291. The van der Waals surface area contributed by atoms with Crippen molar-refractivity contribution in [1.29, 1.82) is 0 Å². The van der Waals surface area contributed by atoms with E-state index < -0.39 is 10.0 Å². The summed E-state index contributed by atoms with van der Waals surface area (Å²) in [7, 11) is -3.65. The molecule has 1 aliphatic rings. The molecule has 3 rings (SSSR count). The van der Waals surface area contributed by atoms with E-state index in [0.717, 1.165) is 15.6 Å². The molecule has 1 aliphatic heterocycles. The molecule has 1 heterocycles. The zero-order valence-electron chi connectivity index (χ0n) is 13.5. The van der Waals surface area contributed by atoms with E-state index in [4.69, 9.17) is 28.0 Å². The van der Waals surface area contributed by atoms with Crippen LogP contribution in [0.3, 0.4) is 0 Å². The van der Waals surface area contributed by atoms with Gasteiger partial charge in [0.2, 0.25) is 0 Å². The van der Waals surface area contributed by atoms with Gasteiger partial charge in [0.25, 0.3) is 10.0 Å². The smallest absolute Gasteiger partial charge is 0.265 e. The van der Waals surface area contributed by atoms with Crippen LogP contribution in [0.25, 0.3) is 6.08 Å². The first-order valence-corrected chi connectivity index (χ1v) is 9.91. The van der Waals surface area contributed by atoms with Gasteiger partial charge in [-0.15, -0.1) is 0 Å². The summed E-state index contributed by atoms with van der Waals surface area (Å²) >= 11 is 12.0. The van der Waals surface area contributed by atoms with Crippen LogP contribution in [0.1, 0.15) is 11.1 Å². The van der Waals surface area contributed by atoms with E-state index in [1.54, 1.807) is 36.4 Å². The van der Waals surface area contributed by atoms with Crippen LogP contribution < -0.4 is 0 Å². The minimum absolute atomic E-state index is 0.0491. The van der Waals surface area contributed by atoms with Crippen LogP contribution >= 0.6 is 23.2 Å². The molecule has 2 aromatic rings. The normalized spacial score (nSPS) is 18.9. The highest BCUT2D eigenvalue weighted by molar-refractivity contribution is 7.89. The Balaban J connectivity index is 1.71. The molecule has 4 nitrogen and oxygen atoms in total. The van der Waals surface area contributed by atoms with Crippen LogP contribution in [0.4, 0.5) is 0 Å². The molecule has 132 valence electrons. The van der Waals surface area contributed by atoms with Gasteiger partial charge in [-0.2, -0.15) is 0 Å². The monoisotopic (exact) mass is 397 g/mol. The van der Waals surface area contributed by atoms with Crippen molar-refractivity contribution in [3.8, 4) is 0 Å². The van der Waals surface area contributed by atoms with Crippen LogP contribution in [0.5, 0.6) is 0 Å². The molecule has 0 radical (unpaired) electrons. The van der Waals surface area contributed by atoms with Crippen LogP contribution in [-0.2, 0) is 14.9 Å². The second-order valence-electron chi connectivity index (χ2n) is 5.88. The minimum Gasteiger partial charge on any atom is -0.283 e. The van der Waals surface area contributed by atoms with Crippen molar-refractivity contribution in [3.63, 3.8) is 0 Å². The number of aryl methyl sites for hydroxylation is 1. The summed E-state index contributed by atoms with van der Waals surface area (Å²) in [6.45, 7) is 2.47. The van der Waals surface area contributed by atoms with Crippen molar-refractivity contribution in [1.82, 2.24) is 4.47 Å². The lowest BCUT2D eigenvalue weighted by Crippen LogP contribution is -2.27. The van der Waals surface area contributed by atoms with E-state index >= 15 is 0 Å². The van der Waals surface area contributed by atoms with Gasteiger partial charge in [-0.1, -0.05) is 63.6 Å². The van der Waals surface area contributed by atoms with E-state index in [-0.39, 0.29) is 17.4 Å². The molecular formula is C18H17Cl2NO3S. The lowest BCUT2D eigenvalue weighted by Gasteiger charge is -2.14. The van der Waals surface area contributed by atoms with Gasteiger partial charge in [-0.3, -0.25) is 4.84 Å². The third-order valence-electron chi connectivity index (χ3n) is 3.91. The Morgan fingerprint density at radius 2 is 1.88 bits per heavy atom. The summed E-state index contributed by atoms with van der Waals surface area (Å²) < 4.78 is 26.2. The maximum Gasteiger partial charge on any atom is 0.265 e. The summed E-state index contributed by atoms with van der Waals surface area (Å²) in [4.78, 5) is 5.62. The third kappa shape index (κ3) is 4.25. The molecular weight excluding hydrogens is 381 g/mol. The largest absolute Gasteiger partial charge is 0.283 e. The van der Waals surface area contributed by atoms with Gasteiger partial charge in [0, 0.05) is 22.5 Å². The van der Waals surface area contributed by atoms with Crippen molar-refractivity contribution < 1.29 is 13.3 Å². The maximum absolute atomic E-state index is 12.6. The zero-order valence-corrected chi connectivity index (χ0v) is 15.9. The summed E-state index contributed by atoms with van der Waals surface area (Å²) in [6.07, 6.45) is 3.76. The van der Waals surface area contributed by atoms with Gasteiger partial charge in [0.1, 0.15) is 0 Å². The van der Waals surface area contributed by atoms with Gasteiger partial charge >= 0.3 is 0 Å². The number of hydrogen-bond donors (Lipinski definition) is 0. The summed E-state index contributed by atoms with van der Waals surface area (Å²) in [6, 6.07) is 12.0. The van der Waals surface area contributed by atoms with Gasteiger partial charge in [0.05, 0.1) is 11.5 Å². The predicted octanol–water partition coefficient (Wildman–Crippen LogP) is 4.57. The molecule has 25 heavy (non-hydrogen) atoms. The molecule has 0 aliphatic carbocycles. The SMILES string of the molecule is Cc1ccc(S(=O)(=O)N2CC(/C=C/c3ccc(Cl)cc3Cl)CO2)cc1. The maximum atomic E-state index is 12.6. The van der Waals surface area contributed by atoms with Crippen LogP contribution in [-0.4, -0.2) is 26.0 Å². The fraction of sp³-hybridized carbons (Fsp3) is 0.222. The molecule has 2 aromatic carbocycles. The Labute approximate surface area is 157 Å². The summed E-state index contributed by atoms with van der Waals surface area (Å²) in [5, 5.41) is 1.12. The molecule has 1 atom stereocenters. The minimum atomic E-state index is -3.65. The molecule has 7 heteroatoms. The number of sulfonamides is 1. The number of hydrogen-bond acceptors (Lipinski definition) is 3. The van der Waals surface area contributed by atoms with Gasteiger partial charge < -0.3 is 0 Å². The van der Waals surface area contributed by atoms with Crippen molar-refractivity contribution in [3.05, 3.63) is 69.7 Å². The number of benzene rings is 2. The topological polar surface area (TPSA) is 46.6 Å². The molecule has 1 unspecified atom stereocenters. The van der Waals surface area contributed by atoms with Crippen LogP contribution in [0, 0.1) is 12.8 Å². The Morgan fingerprint density at radius 3 is 2.56 bits per heavy atom. The highest BCUT2D eigenvalue weighted by atomic mass is 35.5. The molecule has 1 fully saturated rings. The standard InChI is InChI=1S/C18H17Cl2NO3S/c1-13-2-8-17(9-3-13)25(22,23)21-11-14(12-24-21)4-5-15-6-7-16(19)10-18(15)20/h2-10,14H,11-12H2,1H3/b5-4+. The molecule has 0 N–H and O–H groups in total.